The molecule has 0 aromatic carbocycles. The quantitative estimate of drug-likeness (QED) is 0.642. The number of hydrogen-bond donors (Lipinski definition) is 2. The fourth-order valence-corrected chi connectivity index (χ4v) is 1.32. The van der Waals surface area contributed by atoms with E-state index in [4.69, 9.17) is 0 Å². The van der Waals surface area contributed by atoms with Gasteiger partial charge in [-0.05, 0) is 19.3 Å². The SMILES string of the molecule is O=C(NCCF)NC1CC=CCC1. The fourth-order valence-electron chi connectivity index (χ4n) is 1.32. The first-order valence-corrected chi connectivity index (χ1v) is 4.58. The van der Waals surface area contributed by atoms with Crippen molar-refractivity contribution in [2.45, 2.75) is 25.3 Å². The highest BCUT2D eigenvalue weighted by molar-refractivity contribution is 5.74. The Hall–Kier alpha value is -1.06. The number of allylic oxidation sites excluding steroid dienone is 1. The summed E-state index contributed by atoms with van der Waals surface area (Å²) in [6.45, 7) is -0.424. The van der Waals surface area contributed by atoms with Crippen molar-refractivity contribution in [2.24, 2.45) is 0 Å². The van der Waals surface area contributed by atoms with Crippen LogP contribution in [0.5, 0.6) is 0 Å². The number of carbonyl (C=O) groups is 1. The molecule has 74 valence electrons. The van der Waals surface area contributed by atoms with Crippen LogP contribution >= 0.6 is 0 Å². The summed E-state index contributed by atoms with van der Waals surface area (Å²) in [6, 6.07) is -0.0532. The second-order valence-corrected chi connectivity index (χ2v) is 3.07. The lowest BCUT2D eigenvalue weighted by Gasteiger charge is -2.19. The van der Waals surface area contributed by atoms with Crippen LogP contribution in [0.3, 0.4) is 0 Å². The first-order valence-electron chi connectivity index (χ1n) is 4.58. The van der Waals surface area contributed by atoms with Crippen LogP contribution in [-0.2, 0) is 0 Å². The van der Waals surface area contributed by atoms with Gasteiger partial charge in [0.15, 0.2) is 0 Å². The second kappa shape index (κ2) is 5.56. The highest BCUT2D eigenvalue weighted by atomic mass is 19.1. The molecule has 0 bridgehead atoms. The van der Waals surface area contributed by atoms with E-state index < -0.39 is 6.67 Å². The molecular formula is C9H15FN2O. The topological polar surface area (TPSA) is 41.1 Å². The largest absolute Gasteiger partial charge is 0.336 e. The minimum absolute atomic E-state index is 0.0917. The van der Waals surface area contributed by atoms with Gasteiger partial charge in [0.1, 0.15) is 6.67 Å². The van der Waals surface area contributed by atoms with Gasteiger partial charge in [-0.1, -0.05) is 12.2 Å². The predicted octanol–water partition coefficient (Wildman–Crippen LogP) is 1.36. The van der Waals surface area contributed by atoms with Gasteiger partial charge >= 0.3 is 6.03 Å². The molecule has 4 heteroatoms. The molecule has 0 spiro atoms. The normalized spacial score (nSPS) is 21.2. The number of amides is 2. The molecule has 2 amide bonds. The average molecular weight is 186 g/mol. The Morgan fingerprint density at radius 3 is 3.00 bits per heavy atom. The molecule has 3 nitrogen and oxygen atoms in total. The summed E-state index contributed by atoms with van der Waals surface area (Å²) in [4.78, 5) is 11.1. The summed E-state index contributed by atoms with van der Waals surface area (Å²) in [5, 5.41) is 5.22. The van der Waals surface area contributed by atoms with E-state index in [2.05, 4.69) is 22.8 Å². The predicted molar refractivity (Wildman–Crippen MR) is 49.3 cm³/mol. The Morgan fingerprint density at radius 2 is 2.38 bits per heavy atom. The first kappa shape index (κ1) is 10.0. The van der Waals surface area contributed by atoms with Crippen LogP contribution in [0.1, 0.15) is 19.3 Å². The van der Waals surface area contributed by atoms with E-state index >= 15 is 0 Å². The van der Waals surface area contributed by atoms with Gasteiger partial charge in [0.25, 0.3) is 0 Å². The van der Waals surface area contributed by atoms with Crippen molar-refractivity contribution in [3.8, 4) is 0 Å². The van der Waals surface area contributed by atoms with Crippen molar-refractivity contribution in [3.63, 3.8) is 0 Å². The number of rotatable bonds is 3. The zero-order chi connectivity index (χ0) is 9.52. The average Bonchev–Trinajstić information content (AvgIpc) is 2.16. The van der Waals surface area contributed by atoms with Gasteiger partial charge in [-0.25, -0.2) is 9.18 Å². The second-order valence-electron chi connectivity index (χ2n) is 3.07. The molecule has 0 aromatic rings. The molecule has 1 unspecified atom stereocenters. The Morgan fingerprint density at radius 1 is 1.54 bits per heavy atom. The Labute approximate surface area is 77.4 Å². The third-order valence-electron chi connectivity index (χ3n) is 1.98. The lowest BCUT2D eigenvalue weighted by Crippen LogP contribution is -2.43. The maximum absolute atomic E-state index is 11.7. The highest BCUT2D eigenvalue weighted by Crippen LogP contribution is 2.09. The summed E-state index contributed by atoms with van der Waals surface area (Å²) in [5.41, 5.74) is 0. The summed E-state index contributed by atoms with van der Waals surface area (Å²) >= 11 is 0. The molecule has 13 heavy (non-hydrogen) atoms. The van der Waals surface area contributed by atoms with E-state index in [9.17, 15) is 9.18 Å². The molecule has 0 radical (unpaired) electrons. The monoisotopic (exact) mass is 186 g/mol. The van der Waals surface area contributed by atoms with Gasteiger partial charge in [-0.2, -0.15) is 0 Å². The molecular weight excluding hydrogens is 171 g/mol. The molecule has 0 aromatic heterocycles. The fraction of sp³-hybridized carbons (Fsp3) is 0.667. The Kier molecular flexibility index (Phi) is 4.29. The van der Waals surface area contributed by atoms with Crippen LogP contribution < -0.4 is 10.6 Å². The summed E-state index contributed by atoms with van der Waals surface area (Å²) < 4.78 is 11.7. The third kappa shape index (κ3) is 3.92. The van der Waals surface area contributed by atoms with Crippen LogP contribution in [0.15, 0.2) is 12.2 Å². The van der Waals surface area contributed by atoms with Gasteiger partial charge < -0.3 is 10.6 Å². The number of alkyl halides is 1. The van der Waals surface area contributed by atoms with Gasteiger partial charge in [0, 0.05) is 12.6 Å². The summed E-state index contributed by atoms with van der Waals surface area (Å²) in [7, 11) is 0. The molecule has 0 aliphatic heterocycles. The highest BCUT2D eigenvalue weighted by Gasteiger charge is 2.11. The lowest BCUT2D eigenvalue weighted by atomic mass is 10.0. The number of halogens is 1. The van der Waals surface area contributed by atoms with Crippen molar-refractivity contribution in [3.05, 3.63) is 12.2 Å². The van der Waals surface area contributed by atoms with Crippen LogP contribution in [0.2, 0.25) is 0 Å². The van der Waals surface area contributed by atoms with Crippen LogP contribution in [0, 0.1) is 0 Å². The number of carbonyl (C=O) groups excluding carboxylic acids is 1. The number of hydrogen-bond acceptors (Lipinski definition) is 1. The van der Waals surface area contributed by atoms with E-state index in [1.807, 2.05) is 0 Å². The van der Waals surface area contributed by atoms with Gasteiger partial charge in [0.05, 0.1) is 0 Å². The third-order valence-corrected chi connectivity index (χ3v) is 1.98. The van der Waals surface area contributed by atoms with E-state index in [0.717, 1.165) is 19.3 Å². The van der Waals surface area contributed by atoms with Crippen molar-refractivity contribution in [1.29, 1.82) is 0 Å². The van der Waals surface area contributed by atoms with E-state index in [1.54, 1.807) is 0 Å². The maximum atomic E-state index is 11.7. The van der Waals surface area contributed by atoms with Crippen molar-refractivity contribution >= 4 is 6.03 Å². The number of urea groups is 1. The molecule has 2 N–H and O–H groups in total. The zero-order valence-electron chi connectivity index (χ0n) is 7.55. The maximum Gasteiger partial charge on any atom is 0.315 e. The Balaban J connectivity index is 2.15. The molecule has 0 saturated carbocycles. The van der Waals surface area contributed by atoms with E-state index in [1.165, 1.54) is 0 Å². The minimum atomic E-state index is -0.516. The first-order chi connectivity index (χ1) is 6.33. The van der Waals surface area contributed by atoms with Crippen LogP contribution in [0.4, 0.5) is 9.18 Å². The standard InChI is InChI=1S/C9H15FN2O/c10-6-7-11-9(13)12-8-4-2-1-3-5-8/h1-2,8H,3-7H2,(H2,11,12,13). The Bertz CT molecular complexity index is 194. The zero-order valence-corrected chi connectivity index (χ0v) is 7.55. The van der Waals surface area contributed by atoms with Crippen LogP contribution in [-0.4, -0.2) is 25.3 Å². The van der Waals surface area contributed by atoms with Crippen molar-refractivity contribution in [2.75, 3.05) is 13.2 Å². The lowest BCUT2D eigenvalue weighted by molar-refractivity contribution is 0.235. The minimum Gasteiger partial charge on any atom is -0.336 e. The summed E-state index contributed by atoms with van der Waals surface area (Å²) in [5.74, 6) is 0. The molecule has 1 aliphatic rings. The van der Waals surface area contributed by atoms with Crippen molar-refractivity contribution < 1.29 is 9.18 Å². The van der Waals surface area contributed by atoms with E-state index in [0.29, 0.717) is 0 Å². The molecule has 1 aliphatic carbocycles. The molecule has 0 saturated heterocycles. The molecule has 1 atom stereocenters. The van der Waals surface area contributed by atoms with Crippen LogP contribution in [0.25, 0.3) is 0 Å². The van der Waals surface area contributed by atoms with Gasteiger partial charge in [-0.3, -0.25) is 0 Å². The summed E-state index contributed by atoms with van der Waals surface area (Å²) in [6.07, 6.45) is 7.03. The van der Waals surface area contributed by atoms with E-state index in [-0.39, 0.29) is 18.6 Å². The van der Waals surface area contributed by atoms with Gasteiger partial charge in [-0.15, -0.1) is 0 Å². The van der Waals surface area contributed by atoms with Gasteiger partial charge in [0.2, 0.25) is 0 Å². The smallest absolute Gasteiger partial charge is 0.315 e. The number of nitrogens with one attached hydrogen (secondary N) is 2. The molecule has 0 fully saturated rings. The molecule has 1 rings (SSSR count). The van der Waals surface area contributed by atoms with Crippen molar-refractivity contribution in [1.82, 2.24) is 10.6 Å². The molecule has 0 heterocycles.